The van der Waals surface area contributed by atoms with E-state index in [0.29, 0.717) is 17.4 Å². The number of aromatic amines is 1. The number of rotatable bonds is 6. The minimum Gasteiger partial charge on any atom is -0.383 e. The van der Waals surface area contributed by atoms with E-state index in [0.717, 1.165) is 65.7 Å². The van der Waals surface area contributed by atoms with Crippen LogP contribution < -0.4 is 10.6 Å². The number of anilines is 1. The highest BCUT2D eigenvalue weighted by Gasteiger charge is 2.23. The van der Waals surface area contributed by atoms with Crippen molar-refractivity contribution in [2.24, 2.45) is 10.9 Å². The average Bonchev–Trinajstić information content (AvgIpc) is 3.33. The summed E-state index contributed by atoms with van der Waals surface area (Å²) in [6, 6.07) is 6.07. The molecule has 0 saturated carbocycles. The Hall–Kier alpha value is -1.70. The monoisotopic (exact) mass is 420 g/mol. The van der Waals surface area contributed by atoms with E-state index in [2.05, 4.69) is 21.7 Å². The van der Waals surface area contributed by atoms with Crippen LogP contribution in [-0.4, -0.2) is 54.5 Å². The number of nitrogens with zero attached hydrogens (tertiary/aromatic N) is 1. The van der Waals surface area contributed by atoms with E-state index in [9.17, 15) is 4.79 Å². The fourth-order valence-corrected chi connectivity index (χ4v) is 4.91. The highest BCUT2D eigenvalue weighted by atomic mass is 35.5. The van der Waals surface area contributed by atoms with Gasteiger partial charge in [0.2, 0.25) is 5.91 Å². The summed E-state index contributed by atoms with van der Waals surface area (Å²) in [6.07, 6.45) is 2.61. The molecule has 1 aromatic carbocycles. The smallest absolute Gasteiger partial charge is 0.221 e. The second-order valence-electron chi connectivity index (χ2n) is 7.31. The van der Waals surface area contributed by atoms with Gasteiger partial charge in [-0.05, 0) is 37.0 Å². The molecule has 2 aliphatic rings. The maximum atomic E-state index is 11.6. The number of hydrogen-bond donors (Lipinski definition) is 3. The highest BCUT2D eigenvalue weighted by molar-refractivity contribution is 8.14. The van der Waals surface area contributed by atoms with Crippen molar-refractivity contribution in [3.8, 4) is 0 Å². The van der Waals surface area contributed by atoms with Crippen molar-refractivity contribution in [3.05, 3.63) is 28.9 Å². The van der Waals surface area contributed by atoms with Crippen molar-refractivity contribution in [1.29, 1.82) is 0 Å². The summed E-state index contributed by atoms with van der Waals surface area (Å²) in [5, 5.41) is 8.97. The standard InChI is InChI=1S/C20H25ClN4O2S/c1-22-18(26)9-15-11-28-20(24-15)17-7-13-6-14(21)8-16(19(13)25-17)23-10-12-2-4-27-5-3-12/h6-8,12,15,23,25H,2-5,9-11H2,1H3,(H,22,26)/t15-/m1/s1. The molecule has 28 heavy (non-hydrogen) atoms. The second-order valence-corrected chi connectivity index (χ2v) is 8.76. The van der Waals surface area contributed by atoms with Gasteiger partial charge in [-0.2, -0.15) is 0 Å². The molecule has 0 aliphatic carbocycles. The van der Waals surface area contributed by atoms with Crippen LogP contribution in [0.2, 0.25) is 5.02 Å². The largest absolute Gasteiger partial charge is 0.383 e. The number of benzene rings is 1. The number of amides is 1. The quantitative estimate of drug-likeness (QED) is 0.666. The Kier molecular flexibility index (Phi) is 6.13. The van der Waals surface area contributed by atoms with Crippen LogP contribution in [0.1, 0.15) is 25.0 Å². The third-order valence-corrected chi connectivity index (χ3v) is 6.63. The SMILES string of the molecule is CNC(=O)C[C@@H]1CSC(c2cc3cc(Cl)cc(NCC4CCOCC4)c3[nH]2)=N1. The van der Waals surface area contributed by atoms with E-state index in [1.807, 2.05) is 12.1 Å². The van der Waals surface area contributed by atoms with Crippen LogP contribution in [0.15, 0.2) is 23.2 Å². The van der Waals surface area contributed by atoms with Gasteiger partial charge in [0, 0.05) is 49.4 Å². The molecule has 0 radical (unpaired) electrons. The topological polar surface area (TPSA) is 78.5 Å². The average molecular weight is 421 g/mol. The number of thioether (sulfide) groups is 1. The van der Waals surface area contributed by atoms with Crippen molar-refractivity contribution >= 4 is 50.9 Å². The first kappa shape index (κ1) is 19.6. The zero-order valence-corrected chi connectivity index (χ0v) is 17.5. The summed E-state index contributed by atoms with van der Waals surface area (Å²) in [5.41, 5.74) is 3.05. The summed E-state index contributed by atoms with van der Waals surface area (Å²) in [5.74, 6) is 1.48. The summed E-state index contributed by atoms with van der Waals surface area (Å²) in [4.78, 5) is 19.9. The van der Waals surface area contributed by atoms with E-state index in [4.69, 9.17) is 21.3 Å². The van der Waals surface area contributed by atoms with E-state index in [-0.39, 0.29) is 11.9 Å². The number of carbonyl (C=O) groups excluding carboxylic acids is 1. The Bertz CT molecular complexity index is 892. The highest BCUT2D eigenvalue weighted by Crippen LogP contribution is 2.32. The second kappa shape index (κ2) is 8.76. The molecule has 1 amide bonds. The predicted molar refractivity (Wildman–Crippen MR) is 117 cm³/mol. The molecule has 3 heterocycles. The first-order valence-electron chi connectivity index (χ1n) is 9.68. The molecule has 0 bridgehead atoms. The Morgan fingerprint density at radius 2 is 2.18 bits per heavy atom. The van der Waals surface area contributed by atoms with E-state index >= 15 is 0 Å². The molecule has 6 nitrogen and oxygen atoms in total. The van der Waals surface area contributed by atoms with Crippen molar-refractivity contribution in [2.75, 3.05) is 37.9 Å². The Balaban J connectivity index is 1.53. The van der Waals surface area contributed by atoms with Crippen LogP contribution in [0.3, 0.4) is 0 Å². The molecule has 0 spiro atoms. The first-order valence-corrected chi connectivity index (χ1v) is 11.0. The fraction of sp³-hybridized carbons (Fsp3) is 0.500. The number of aliphatic imine (C=N–C) groups is 1. The molecular formula is C20H25ClN4O2S. The third-order valence-electron chi connectivity index (χ3n) is 5.26. The molecule has 150 valence electrons. The van der Waals surface area contributed by atoms with Gasteiger partial charge in [-0.1, -0.05) is 11.6 Å². The van der Waals surface area contributed by atoms with Gasteiger partial charge in [-0.15, -0.1) is 11.8 Å². The Morgan fingerprint density at radius 3 is 2.96 bits per heavy atom. The number of fused-ring (bicyclic) bond motifs is 1. The van der Waals surface area contributed by atoms with Gasteiger partial charge >= 0.3 is 0 Å². The Morgan fingerprint density at radius 1 is 1.36 bits per heavy atom. The van der Waals surface area contributed by atoms with Gasteiger partial charge in [0.15, 0.2) is 0 Å². The molecule has 0 unspecified atom stereocenters. The zero-order valence-electron chi connectivity index (χ0n) is 15.9. The van der Waals surface area contributed by atoms with E-state index in [1.165, 1.54) is 0 Å². The predicted octanol–water partition coefficient (Wildman–Crippen LogP) is 3.66. The minimum atomic E-state index is 0.0265. The molecule has 1 saturated heterocycles. The van der Waals surface area contributed by atoms with Gasteiger partial charge in [-0.3, -0.25) is 9.79 Å². The summed E-state index contributed by atoms with van der Waals surface area (Å²) < 4.78 is 5.45. The number of carbonyl (C=O) groups is 1. The van der Waals surface area contributed by atoms with Crippen LogP contribution in [0, 0.1) is 5.92 Å². The molecule has 3 N–H and O–H groups in total. The van der Waals surface area contributed by atoms with E-state index in [1.54, 1.807) is 18.8 Å². The number of hydrogen-bond acceptors (Lipinski definition) is 5. The van der Waals surface area contributed by atoms with Gasteiger partial charge in [-0.25, -0.2) is 0 Å². The van der Waals surface area contributed by atoms with Crippen LogP contribution in [0.25, 0.3) is 10.9 Å². The lowest BCUT2D eigenvalue weighted by Gasteiger charge is -2.22. The first-order chi connectivity index (χ1) is 13.6. The van der Waals surface area contributed by atoms with Crippen LogP contribution in [-0.2, 0) is 9.53 Å². The fourth-order valence-electron chi connectivity index (χ4n) is 3.65. The van der Waals surface area contributed by atoms with Gasteiger partial charge in [0.25, 0.3) is 0 Å². The lowest BCUT2D eigenvalue weighted by atomic mass is 10.0. The van der Waals surface area contributed by atoms with Crippen LogP contribution >= 0.6 is 23.4 Å². The summed E-state index contributed by atoms with van der Waals surface area (Å²) >= 11 is 8.05. The van der Waals surface area contributed by atoms with E-state index < -0.39 is 0 Å². The Labute approximate surface area is 173 Å². The number of H-pyrrole nitrogens is 1. The molecule has 1 fully saturated rings. The molecule has 8 heteroatoms. The maximum Gasteiger partial charge on any atom is 0.221 e. The summed E-state index contributed by atoms with van der Waals surface area (Å²) in [6.45, 7) is 2.60. The normalized spacial score (nSPS) is 20.4. The van der Waals surface area contributed by atoms with Crippen molar-refractivity contribution in [1.82, 2.24) is 10.3 Å². The molecule has 2 aliphatic heterocycles. The van der Waals surface area contributed by atoms with Gasteiger partial charge in [0.1, 0.15) is 5.04 Å². The molecule has 4 rings (SSSR count). The number of halogens is 1. The van der Waals surface area contributed by atoms with Crippen LogP contribution in [0.4, 0.5) is 5.69 Å². The van der Waals surface area contributed by atoms with Gasteiger partial charge < -0.3 is 20.4 Å². The van der Waals surface area contributed by atoms with Crippen molar-refractivity contribution < 1.29 is 9.53 Å². The third kappa shape index (κ3) is 4.47. The van der Waals surface area contributed by atoms with Crippen molar-refractivity contribution in [2.45, 2.75) is 25.3 Å². The number of aromatic nitrogens is 1. The van der Waals surface area contributed by atoms with Crippen molar-refractivity contribution in [3.63, 3.8) is 0 Å². The zero-order chi connectivity index (χ0) is 19.5. The molecule has 1 aromatic heterocycles. The lowest BCUT2D eigenvalue weighted by molar-refractivity contribution is -0.120. The minimum absolute atomic E-state index is 0.0265. The summed E-state index contributed by atoms with van der Waals surface area (Å²) in [7, 11) is 1.66. The number of nitrogens with one attached hydrogen (secondary N) is 3. The molecular weight excluding hydrogens is 396 g/mol. The number of ether oxygens (including phenoxy) is 1. The molecule has 1 atom stereocenters. The maximum absolute atomic E-state index is 11.6. The van der Waals surface area contributed by atoms with Gasteiger partial charge in [0.05, 0.1) is 22.9 Å². The van der Waals surface area contributed by atoms with Crippen LogP contribution in [0.5, 0.6) is 0 Å². The molecule has 2 aromatic rings. The lowest BCUT2D eigenvalue weighted by Crippen LogP contribution is -2.23.